The standard InChI is InChI=1S/C8H16N2O2/c1-3-5-6-12-7(4-2)8(11)10-9/h3,5,7H,4,6,9H2,1-2H3,(H,10,11). The number of ether oxygens (including phenoxy) is 1. The average molecular weight is 172 g/mol. The van der Waals surface area contributed by atoms with Crippen molar-refractivity contribution in [3.05, 3.63) is 12.2 Å². The molecule has 0 heterocycles. The van der Waals surface area contributed by atoms with Crippen LogP contribution < -0.4 is 11.3 Å². The van der Waals surface area contributed by atoms with Gasteiger partial charge in [0.05, 0.1) is 6.61 Å². The maximum atomic E-state index is 11.0. The molecule has 1 atom stereocenters. The molecule has 1 amide bonds. The van der Waals surface area contributed by atoms with E-state index in [1.807, 2.05) is 26.0 Å². The van der Waals surface area contributed by atoms with Gasteiger partial charge in [-0.15, -0.1) is 0 Å². The topological polar surface area (TPSA) is 64.3 Å². The van der Waals surface area contributed by atoms with Crippen molar-refractivity contribution in [3.63, 3.8) is 0 Å². The van der Waals surface area contributed by atoms with Gasteiger partial charge in [0.1, 0.15) is 6.10 Å². The minimum atomic E-state index is -0.439. The van der Waals surface area contributed by atoms with Crippen molar-refractivity contribution in [3.8, 4) is 0 Å². The monoisotopic (exact) mass is 172 g/mol. The summed E-state index contributed by atoms with van der Waals surface area (Å²) >= 11 is 0. The molecule has 70 valence electrons. The highest BCUT2D eigenvalue weighted by Crippen LogP contribution is 1.97. The summed E-state index contributed by atoms with van der Waals surface area (Å²) < 4.78 is 5.21. The lowest BCUT2D eigenvalue weighted by Crippen LogP contribution is -2.40. The molecule has 12 heavy (non-hydrogen) atoms. The number of hydrazine groups is 1. The number of allylic oxidation sites excluding steroid dienone is 1. The van der Waals surface area contributed by atoms with Gasteiger partial charge in [0.25, 0.3) is 5.91 Å². The maximum absolute atomic E-state index is 11.0. The molecule has 1 unspecified atom stereocenters. The fourth-order valence-corrected chi connectivity index (χ4v) is 0.740. The molecule has 0 aromatic carbocycles. The first-order chi connectivity index (χ1) is 5.76. The lowest BCUT2D eigenvalue weighted by molar-refractivity contribution is -0.132. The van der Waals surface area contributed by atoms with Gasteiger partial charge in [-0.3, -0.25) is 10.2 Å². The molecule has 0 saturated heterocycles. The van der Waals surface area contributed by atoms with Crippen LogP contribution in [0.3, 0.4) is 0 Å². The fourth-order valence-electron chi connectivity index (χ4n) is 0.740. The first-order valence-corrected chi connectivity index (χ1v) is 3.99. The molecule has 0 aromatic heterocycles. The molecule has 4 nitrogen and oxygen atoms in total. The van der Waals surface area contributed by atoms with Crippen molar-refractivity contribution in [2.45, 2.75) is 26.4 Å². The number of nitrogens with one attached hydrogen (secondary N) is 1. The minimum Gasteiger partial charge on any atom is -0.364 e. The van der Waals surface area contributed by atoms with Crippen LogP contribution in [0.4, 0.5) is 0 Å². The van der Waals surface area contributed by atoms with Crippen molar-refractivity contribution in [1.82, 2.24) is 5.43 Å². The van der Waals surface area contributed by atoms with Gasteiger partial charge in [-0.05, 0) is 13.3 Å². The number of rotatable bonds is 5. The summed E-state index contributed by atoms with van der Waals surface area (Å²) in [6.07, 6.45) is 3.89. The van der Waals surface area contributed by atoms with Crippen LogP contribution in [-0.4, -0.2) is 18.6 Å². The normalized spacial score (nSPS) is 13.2. The van der Waals surface area contributed by atoms with Crippen LogP contribution in [0.15, 0.2) is 12.2 Å². The lowest BCUT2D eigenvalue weighted by atomic mass is 10.2. The zero-order valence-corrected chi connectivity index (χ0v) is 7.54. The Morgan fingerprint density at radius 1 is 1.75 bits per heavy atom. The second-order valence-electron chi connectivity index (χ2n) is 2.31. The van der Waals surface area contributed by atoms with Crippen LogP contribution in [0.2, 0.25) is 0 Å². The molecule has 0 aromatic rings. The van der Waals surface area contributed by atoms with Gasteiger partial charge in [-0.1, -0.05) is 19.1 Å². The van der Waals surface area contributed by atoms with E-state index in [1.165, 1.54) is 0 Å². The van der Waals surface area contributed by atoms with E-state index in [-0.39, 0.29) is 5.91 Å². The average Bonchev–Trinajstić information content (AvgIpc) is 2.11. The van der Waals surface area contributed by atoms with Gasteiger partial charge in [-0.25, -0.2) is 5.84 Å². The highest BCUT2D eigenvalue weighted by Gasteiger charge is 2.14. The van der Waals surface area contributed by atoms with E-state index >= 15 is 0 Å². The largest absolute Gasteiger partial charge is 0.364 e. The zero-order chi connectivity index (χ0) is 9.40. The van der Waals surface area contributed by atoms with Gasteiger partial charge in [0.15, 0.2) is 0 Å². The first-order valence-electron chi connectivity index (χ1n) is 3.99. The number of hydrogen-bond acceptors (Lipinski definition) is 3. The van der Waals surface area contributed by atoms with Gasteiger partial charge in [0.2, 0.25) is 0 Å². The Balaban J connectivity index is 3.74. The van der Waals surface area contributed by atoms with Gasteiger partial charge in [-0.2, -0.15) is 0 Å². The van der Waals surface area contributed by atoms with Gasteiger partial charge >= 0.3 is 0 Å². The Morgan fingerprint density at radius 3 is 2.83 bits per heavy atom. The molecule has 0 rings (SSSR count). The zero-order valence-electron chi connectivity index (χ0n) is 7.54. The van der Waals surface area contributed by atoms with E-state index in [4.69, 9.17) is 10.6 Å². The molecule has 0 bridgehead atoms. The van der Waals surface area contributed by atoms with Crippen molar-refractivity contribution < 1.29 is 9.53 Å². The summed E-state index contributed by atoms with van der Waals surface area (Å²) in [5, 5.41) is 0. The smallest absolute Gasteiger partial charge is 0.262 e. The Hall–Kier alpha value is -0.870. The maximum Gasteiger partial charge on any atom is 0.262 e. The summed E-state index contributed by atoms with van der Waals surface area (Å²) in [4.78, 5) is 11.0. The quantitative estimate of drug-likeness (QED) is 0.272. The minimum absolute atomic E-state index is 0.276. The summed E-state index contributed by atoms with van der Waals surface area (Å²) in [7, 11) is 0. The third kappa shape index (κ3) is 4.10. The Kier molecular flexibility index (Phi) is 6.32. The van der Waals surface area contributed by atoms with Crippen LogP contribution in [-0.2, 0) is 9.53 Å². The van der Waals surface area contributed by atoms with E-state index in [2.05, 4.69) is 5.43 Å². The van der Waals surface area contributed by atoms with Gasteiger partial charge < -0.3 is 4.74 Å². The Bertz CT molecular complexity index is 157. The number of nitrogens with two attached hydrogens (primary N) is 1. The molecule has 3 N–H and O–H groups in total. The molecule has 0 spiro atoms. The second kappa shape index (κ2) is 6.82. The molecule has 0 radical (unpaired) electrons. The first kappa shape index (κ1) is 11.1. The van der Waals surface area contributed by atoms with Crippen LogP contribution in [0.25, 0.3) is 0 Å². The number of carbonyl (C=O) groups excluding carboxylic acids is 1. The summed E-state index contributed by atoms with van der Waals surface area (Å²) in [5.41, 5.74) is 2.05. The highest BCUT2D eigenvalue weighted by molar-refractivity contribution is 5.79. The molecule has 4 heteroatoms. The second-order valence-corrected chi connectivity index (χ2v) is 2.31. The number of amides is 1. The molecular formula is C8H16N2O2. The van der Waals surface area contributed by atoms with E-state index in [1.54, 1.807) is 0 Å². The van der Waals surface area contributed by atoms with Crippen molar-refractivity contribution in [1.29, 1.82) is 0 Å². The van der Waals surface area contributed by atoms with Gasteiger partial charge in [0, 0.05) is 0 Å². The molecule has 0 aliphatic heterocycles. The summed E-state index contributed by atoms with van der Waals surface area (Å²) in [6, 6.07) is 0. The van der Waals surface area contributed by atoms with E-state index in [0.29, 0.717) is 13.0 Å². The summed E-state index contributed by atoms with van der Waals surface area (Å²) in [5.74, 6) is 4.68. The van der Waals surface area contributed by atoms with E-state index in [9.17, 15) is 4.79 Å². The molecular weight excluding hydrogens is 156 g/mol. The molecule has 0 fully saturated rings. The third-order valence-electron chi connectivity index (χ3n) is 1.43. The molecule has 0 aliphatic rings. The highest BCUT2D eigenvalue weighted by atomic mass is 16.5. The predicted octanol–water partition coefficient (Wildman–Crippen LogP) is 0.348. The third-order valence-corrected chi connectivity index (χ3v) is 1.43. The number of hydrogen-bond donors (Lipinski definition) is 2. The Morgan fingerprint density at radius 2 is 2.42 bits per heavy atom. The predicted molar refractivity (Wildman–Crippen MR) is 47.2 cm³/mol. The molecule has 0 saturated carbocycles. The summed E-state index contributed by atoms with van der Waals surface area (Å²) in [6.45, 7) is 4.21. The van der Waals surface area contributed by atoms with Crippen LogP contribution >= 0.6 is 0 Å². The number of carbonyl (C=O) groups is 1. The van der Waals surface area contributed by atoms with Crippen molar-refractivity contribution >= 4 is 5.91 Å². The fraction of sp³-hybridized carbons (Fsp3) is 0.625. The SMILES string of the molecule is CC=CCOC(CC)C(=O)NN. The van der Waals surface area contributed by atoms with E-state index in [0.717, 1.165) is 0 Å². The van der Waals surface area contributed by atoms with Crippen molar-refractivity contribution in [2.75, 3.05) is 6.61 Å². The lowest BCUT2D eigenvalue weighted by Gasteiger charge is -2.12. The van der Waals surface area contributed by atoms with E-state index < -0.39 is 6.10 Å². The molecule has 0 aliphatic carbocycles. The van der Waals surface area contributed by atoms with Crippen molar-refractivity contribution in [2.24, 2.45) is 5.84 Å². The Labute approximate surface area is 72.7 Å². The van der Waals surface area contributed by atoms with Crippen LogP contribution in [0.5, 0.6) is 0 Å². The van der Waals surface area contributed by atoms with Crippen LogP contribution in [0.1, 0.15) is 20.3 Å². The van der Waals surface area contributed by atoms with Crippen LogP contribution in [0, 0.1) is 0 Å².